The molecule has 0 aliphatic heterocycles. The Morgan fingerprint density at radius 2 is 0.393 bits per heavy atom. The maximum atomic E-state index is 5.26. The van der Waals surface area contributed by atoms with Crippen molar-refractivity contribution in [2.24, 2.45) is 21.7 Å². The zero-order valence-electron chi connectivity index (χ0n) is 72.7. The molecule has 2 heterocycles. The smallest absolute Gasteiger partial charge is 0.165 e. The number of hydrogen-bond donors (Lipinski definition) is 0. The molecule has 10 aromatic carbocycles. The van der Waals surface area contributed by atoms with Crippen molar-refractivity contribution in [2.45, 2.75) is 238 Å². The number of nitrogens with zero attached hydrogens (tertiary/aromatic N) is 4. The van der Waals surface area contributed by atoms with E-state index >= 15 is 0 Å². The zero-order chi connectivity index (χ0) is 81.1. The van der Waals surface area contributed by atoms with Gasteiger partial charge in [-0.15, -0.1) is 0 Å². The molecule has 12 rings (SSSR count). The summed E-state index contributed by atoms with van der Waals surface area (Å²) in [5.74, 6) is 1.81. The Bertz CT molecular complexity index is 4830. The van der Waals surface area contributed by atoms with Gasteiger partial charge < -0.3 is 0 Å². The molecule has 0 aliphatic carbocycles. The van der Waals surface area contributed by atoms with E-state index in [4.69, 9.17) is 19.9 Å². The van der Waals surface area contributed by atoms with E-state index in [9.17, 15) is 0 Å². The quantitative estimate of drug-likeness (QED) is 0.0810. The van der Waals surface area contributed by atoms with E-state index in [1.54, 1.807) is 0 Å². The molecule has 0 atom stereocenters. The highest BCUT2D eigenvalue weighted by atomic mass is 15.0. The Balaban J connectivity index is 1.03. The van der Waals surface area contributed by atoms with Crippen LogP contribution in [0.15, 0.2) is 243 Å². The maximum absolute atomic E-state index is 5.26. The lowest BCUT2D eigenvalue weighted by Gasteiger charge is -2.33. The van der Waals surface area contributed by atoms with Crippen LogP contribution in [0.1, 0.15) is 239 Å². The van der Waals surface area contributed by atoms with E-state index in [-0.39, 0.29) is 54.1 Å². The fourth-order valence-electron chi connectivity index (χ4n) is 18.1. The van der Waals surface area contributed by atoms with E-state index in [0.717, 1.165) is 87.0 Å². The van der Waals surface area contributed by atoms with Crippen LogP contribution in [0.5, 0.6) is 0 Å². The third-order valence-corrected chi connectivity index (χ3v) is 22.5. The highest BCUT2D eigenvalue weighted by Crippen LogP contribution is 2.46. The second-order valence-electron chi connectivity index (χ2n) is 42.2. The van der Waals surface area contributed by atoms with E-state index in [0.29, 0.717) is 17.5 Å². The van der Waals surface area contributed by atoms with Crippen LogP contribution in [0.4, 0.5) is 0 Å². The molecule has 0 unspecified atom stereocenters. The van der Waals surface area contributed by atoms with E-state index in [2.05, 4.69) is 417 Å². The summed E-state index contributed by atoms with van der Waals surface area (Å²) in [6.07, 6.45) is 6.23. The Morgan fingerprint density at radius 1 is 0.188 bits per heavy atom. The lowest BCUT2D eigenvalue weighted by molar-refractivity contribution is 0.283. The average Bonchev–Trinajstić information content (AvgIpc) is 0.764. The molecule has 12 aromatic rings. The molecule has 0 saturated heterocycles. The molecule has 2 aromatic heterocycles. The standard InChI is InChI=1S/C108H126N4/c1-99(2,3)67-105(19,20)91-47-30-71(31-48-91)80-57-81(72-32-49-92(50-33-72)106(21,22)68-100(4,5)6)60-85(59-80)87-63-84(64-88(65-87)86-61-82(73-34-51-93(52-35-73)107(23,24)69-101(7,8)9)58-83(62-86)74-36-53-94(54-37-74)108(25,26)70-102(10,11)12)77-28-27-29-78(56-77)95-55-42-79(66-109-95)98-111-96(75-38-43-89(44-39-75)103(13,14)15)110-97(112-98)76-40-45-90(46-41-76)104(16,17)18/h27-66H,67-70H2,1-26H3. The van der Waals surface area contributed by atoms with Gasteiger partial charge in [-0.05, 0) is 264 Å². The van der Waals surface area contributed by atoms with Gasteiger partial charge in [0.15, 0.2) is 17.5 Å². The summed E-state index contributed by atoms with van der Waals surface area (Å²) < 4.78 is 0. The van der Waals surface area contributed by atoms with Crippen molar-refractivity contribution >= 4 is 0 Å². The van der Waals surface area contributed by atoms with Gasteiger partial charge in [0.2, 0.25) is 0 Å². The van der Waals surface area contributed by atoms with E-state index in [1.165, 1.54) is 77.9 Å². The van der Waals surface area contributed by atoms with Gasteiger partial charge in [-0.25, -0.2) is 15.0 Å². The van der Waals surface area contributed by atoms with Gasteiger partial charge in [-0.2, -0.15) is 0 Å². The van der Waals surface area contributed by atoms with Gasteiger partial charge in [0, 0.05) is 28.5 Å². The van der Waals surface area contributed by atoms with Gasteiger partial charge in [-0.1, -0.05) is 344 Å². The fourth-order valence-corrected chi connectivity index (χ4v) is 18.1. The summed E-state index contributed by atoms with van der Waals surface area (Å²) in [4.78, 5) is 20.8. The Morgan fingerprint density at radius 3 is 0.634 bits per heavy atom. The number of pyridine rings is 1. The molecule has 0 fully saturated rings. The molecule has 0 saturated carbocycles. The second-order valence-corrected chi connectivity index (χ2v) is 42.2. The summed E-state index contributed by atoms with van der Waals surface area (Å²) in [7, 11) is 0. The largest absolute Gasteiger partial charge is 0.255 e. The number of rotatable bonds is 19. The summed E-state index contributed by atoms with van der Waals surface area (Å²) in [5, 5.41) is 0. The fraction of sp³-hybridized carbons (Fsp3) is 0.370. The Kier molecular flexibility index (Phi) is 22.4. The molecule has 0 radical (unpaired) electrons. The molecule has 0 N–H and O–H groups in total. The van der Waals surface area contributed by atoms with Crippen LogP contribution in [-0.2, 0) is 32.5 Å². The second kappa shape index (κ2) is 30.7. The molecule has 578 valence electrons. The van der Waals surface area contributed by atoms with Gasteiger partial charge in [-0.3, -0.25) is 4.98 Å². The van der Waals surface area contributed by atoms with E-state index < -0.39 is 0 Å². The van der Waals surface area contributed by atoms with Crippen molar-refractivity contribution in [3.63, 3.8) is 0 Å². The molecule has 0 aliphatic rings. The van der Waals surface area contributed by atoms with Gasteiger partial charge in [0.25, 0.3) is 0 Å². The Labute approximate surface area is 675 Å². The number of hydrogen-bond acceptors (Lipinski definition) is 4. The summed E-state index contributed by atoms with van der Waals surface area (Å²) in [6.45, 7) is 60.8. The van der Waals surface area contributed by atoms with Crippen LogP contribution in [0.3, 0.4) is 0 Å². The minimum absolute atomic E-state index is 0.000325. The minimum Gasteiger partial charge on any atom is -0.255 e. The molecular weight excluding hydrogens is 1350 g/mol. The zero-order valence-corrected chi connectivity index (χ0v) is 72.7. The lowest BCUT2D eigenvalue weighted by atomic mass is 9.72. The summed E-state index contributed by atoms with van der Waals surface area (Å²) in [6, 6.07) is 90.2. The van der Waals surface area contributed by atoms with Gasteiger partial charge in [0.05, 0.1) is 5.69 Å². The predicted octanol–water partition coefficient (Wildman–Crippen LogP) is 31.1. The molecule has 0 spiro atoms. The first-order chi connectivity index (χ1) is 52.1. The number of aromatic nitrogens is 4. The molecular formula is C108H126N4. The molecule has 4 nitrogen and oxygen atoms in total. The normalized spacial score (nSPS) is 13.1. The summed E-state index contributed by atoms with van der Waals surface area (Å²) in [5.41, 5.74) is 29.4. The first kappa shape index (κ1) is 81.8. The molecule has 0 amide bonds. The van der Waals surface area contributed by atoms with Crippen LogP contribution in [0, 0.1) is 21.7 Å². The maximum Gasteiger partial charge on any atom is 0.165 e. The van der Waals surface area contributed by atoms with Gasteiger partial charge in [0.1, 0.15) is 0 Å². The van der Waals surface area contributed by atoms with Crippen molar-refractivity contribution in [1.82, 2.24) is 19.9 Å². The lowest BCUT2D eigenvalue weighted by Crippen LogP contribution is -2.24. The van der Waals surface area contributed by atoms with Crippen LogP contribution >= 0.6 is 0 Å². The van der Waals surface area contributed by atoms with Crippen molar-refractivity contribution in [1.29, 1.82) is 0 Å². The average molecular weight is 1480 g/mol. The highest BCUT2D eigenvalue weighted by molar-refractivity contribution is 5.89. The third kappa shape index (κ3) is 20.0. The first-order valence-electron chi connectivity index (χ1n) is 41.0. The van der Waals surface area contributed by atoms with Gasteiger partial charge >= 0.3 is 0 Å². The van der Waals surface area contributed by atoms with Crippen LogP contribution in [0.25, 0.3) is 123 Å². The predicted molar refractivity (Wildman–Crippen MR) is 483 cm³/mol. The Hall–Kier alpha value is -9.64. The molecule has 112 heavy (non-hydrogen) atoms. The van der Waals surface area contributed by atoms with Crippen LogP contribution < -0.4 is 0 Å². The highest BCUT2D eigenvalue weighted by Gasteiger charge is 2.32. The van der Waals surface area contributed by atoms with Crippen molar-refractivity contribution < 1.29 is 0 Å². The first-order valence-corrected chi connectivity index (χ1v) is 41.0. The molecule has 4 heteroatoms. The van der Waals surface area contributed by atoms with Crippen LogP contribution in [0.2, 0.25) is 0 Å². The molecule has 0 bridgehead atoms. The van der Waals surface area contributed by atoms with Crippen molar-refractivity contribution in [3.8, 4) is 123 Å². The van der Waals surface area contributed by atoms with Crippen molar-refractivity contribution in [2.75, 3.05) is 0 Å². The topological polar surface area (TPSA) is 51.6 Å². The van der Waals surface area contributed by atoms with Crippen molar-refractivity contribution in [3.05, 3.63) is 276 Å². The number of benzene rings is 10. The monoisotopic (exact) mass is 1480 g/mol. The SMILES string of the molecule is CC(C)(C)CC(C)(C)c1ccc(-c2cc(-c3ccc(C(C)(C)CC(C)(C)C)cc3)cc(-c3cc(-c4cc(-c5ccc(C(C)(C)CC(C)(C)C)cc5)cc(-c5ccc(C(C)(C)CC(C)(C)C)cc5)c4)cc(-c4cccc(-c5ccc(-c6nc(-c7ccc(C(C)(C)C)cc7)nc(-c7ccc(C(C)(C)C)cc7)n6)cn5)c4)c3)c2)cc1. The van der Waals surface area contributed by atoms with Crippen LogP contribution in [-0.4, -0.2) is 19.9 Å². The summed E-state index contributed by atoms with van der Waals surface area (Å²) >= 11 is 0. The minimum atomic E-state index is 0.000325. The third-order valence-electron chi connectivity index (χ3n) is 22.5. The van der Waals surface area contributed by atoms with E-state index in [1.807, 2.05) is 6.20 Å².